The van der Waals surface area contributed by atoms with Crippen molar-refractivity contribution in [3.63, 3.8) is 0 Å². The quantitative estimate of drug-likeness (QED) is 0.0308. The van der Waals surface area contributed by atoms with Gasteiger partial charge < -0.3 is 75.3 Å². The molecule has 14 unspecified atom stereocenters. The maximum absolute atomic E-state index is 13.4. The zero-order valence-corrected chi connectivity index (χ0v) is 43.1. The summed E-state index contributed by atoms with van der Waals surface area (Å²) in [5, 5.41) is 109. The number of nitrogens with one attached hydrogen (secondary N) is 1. The molecule has 14 atom stereocenters. The zero-order valence-electron chi connectivity index (χ0n) is 43.1. The second-order valence-electron chi connectivity index (χ2n) is 20.4. The van der Waals surface area contributed by atoms with Gasteiger partial charge in [-0.15, -0.1) is 0 Å². The number of aliphatic hydroxyl groups excluding tert-OH is 10. The first-order valence-electron chi connectivity index (χ1n) is 28.0. The molecule has 2 fully saturated rings. The van der Waals surface area contributed by atoms with Gasteiger partial charge >= 0.3 is 0 Å². The maximum atomic E-state index is 13.4. The number of ether oxygens (including phenoxy) is 4. The van der Waals surface area contributed by atoms with Crippen LogP contribution < -0.4 is 5.32 Å². The summed E-state index contributed by atoms with van der Waals surface area (Å²) >= 11 is 0. The second-order valence-corrected chi connectivity index (χ2v) is 20.4. The molecule has 2 heterocycles. The molecular weight excluding hydrogens is 891 g/mol. The highest BCUT2D eigenvalue weighted by Crippen LogP contribution is 2.31. The lowest BCUT2D eigenvalue weighted by molar-refractivity contribution is -0.332. The van der Waals surface area contributed by atoms with Gasteiger partial charge in [-0.3, -0.25) is 4.79 Å². The molecule has 0 bridgehead atoms. The fraction of sp³-hybridized carbons (Fsp3) is 0.981. The van der Waals surface area contributed by atoms with Crippen LogP contribution in [0.3, 0.4) is 0 Å². The van der Waals surface area contributed by atoms with Crippen LogP contribution in [0, 0.1) is 0 Å². The Labute approximate surface area is 416 Å². The van der Waals surface area contributed by atoms with E-state index in [4.69, 9.17) is 18.9 Å². The molecule has 0 radical (unpaired) electrons. The van der Waals surface area contributed by atoms with Crippen LogP contribution in [0.1, 0.15) is 226 Å². The van der Waals surface area contributed by atoms with Crippen molar-refractivity contribution in [2.75, 3.05) is 19.8 Å². The molecule has 0 saturated carbocycles. The summed E-state index contributed by atoms with van der Waals surface area (Å²) in [7, 11) is 0. The topological polar surface area (TPSA) is 268 Å². The van der Waals surface area contributed by atoms with E-state index < -0.39 is 111 Å². The van der Waals surface area contributed by atoms with Gasteiger partial charge in [0, 0.05) is 0 Å². The summed E-state index contributed by atoms with van der Waals surface area (Å²) in [5.74, 6) is -0.761. The molecule has 16 heteroatoms. The Hall–Kier alpha value is -1.09. The van der Waals surface area contributed by atoms with E-state index >= 15 is 0 Å². The summed E-state index contributed by atoms with van der Waals surface area (Å²) in [6, 6.07) is -1.28. The SMILES string of the molecule is CCCCCCCCCCCCCCCCCCCCCCC(O)C(=O)NC(COC1OC(CO)C(O)C(OC2OC(C(O)CO)C(O)C2O)C1O)C(O)C(O)CCCCCCCCCCCCC. The summed E-state index contributed by atoms with van der Waals surface area (Å²) in [4.78, 5) is 13.4. The number of aliphatic hydroxyl groups is 10. The van der Waals surface area contributed by atoms with E-state index in [0.29, 0.717) is 12.8 Å². The first kappa shape index (κ1) is 64.0. The minimum atomic E-state index is -1.82. The average molecular weight is 994 g/mol. The van der Waals surface area contributed by atoms with E-state index in [1.165, 1.54) is 141 Å². The van der Waals surface area contributed by atoms with Crippen LogP contribution >= 0.6 is 0 Å². The molecule has 16 nitrogen and oxygen atoms in total. The molecule has 2 aliphatic rings. The van der Waals surface area contributed by atoms with Gasteiger partial charge in [-0.25, -0.2) is 0 Å². The first-order chi connectivity index (χ1) is 33.4. The molecule has 0 aliphatic carbocycles. The van der Waals surface area contributed by atoms with E-state index in [1.807, 2.05) is 0 Å². The van der Waals surface area contributed by atoms with Crippen LogP contribution in [0.5, 0.6) is 0 Å². The van der Waals surface area contributed by atoms with Gasteiger partial charge in [0.1, 0.15) is 61.0 Å². The van der Waals surface area contributed by atoms with Gasteiger partial charge in [0.2, 0.25) is 5.91 Å². The van der Waals surface area contributed by atoms with Gasteiger partial charge in [0.05, 0.1) is 32.0 Å². The third-order valence-corrected chi connectivity index (χ3v) is 14.2. The molecular formula is C53H103NO15. The van der Waals surface area contributed by atoms with Crippen LogP contribution in [0.15, 0.2) is 0 Å². The van der Waals surface area contributed by atoms with E-state index in [0.717, 1.165) is 44.9 Å². The Morgan fingerprint density at radius 2 is 0.942 bits per heavy atom. The molecule has 1 amide bonds. The fourth-order valence-corrected chi connectivity index (χ4v) is 9.60. The molecule has 69 heavy (non-hydrogen) atoms. The summed E-state index contributed by atoms with van der Waals surface area (Å²) in [5.41, 5.74) is 0. The number of unbranched alkanes of at least 4 members (excludes halogenated alkanes) is 29. The molecule has 2 saturated heterocycles. The maximum Gasteiger partial charge on any atom is 0.249 e. The van der Waals surface area contributed by atoms with Gasteiger partial charge in [0.15, 0.2) is 12.6 Å². The van der Waals surface area contributed by atoms with Crippen molar-refractivity contribution in [3.05, 3.63) is 0 Å². The molecule has 0 aromatic carbocycles. The number of hydrogen-bond acceptors (Lipinski definition) is 15. The third-order valence-electron chi connectivity index (χ3n) is 14.2. The molecule has 2 rings (SSSR count). The minimum absolute atomic E-state index is 0.204. The van der Waals surface area contributed by atoms with E-state index in [2.05, 4.69) is 19.2 Å². The predicted molar refractivity (Wildman–Crippen MR) is 266 cm³/mol. The molecule has 0 spiro atoms. The minimum Gasteiger partial charge on any atom is -0.394 e. The van der Waals surface area contributed by atoms with Crippen molar-refractivity contribution in [3.8, 4) is 0 Å². The van der Waals surface area contributed by atoms with Crippen molar-refractivity contribution in [2.45, 2.75) is 312 Å². The molecule has 11 N–H and O–H groups in total. The summed E-state index contributed by atoms with van der Waals surface area (Å²) in [6.45, 7) is 2.38. The summed E-state index contributed by atoms with van der Waals surface area (Å²) < 4.78 is 22.6. The van der Waals surface area contributed by atoms with Crippen molar-refractivity contribution in [2.24, 2.45) is 0 Å². The predicted octanol–water partition coefficient (Wildman–Crippen LogP) is 6.11. The lowest BCUT2D eigenvalue weighted by Crippen LogP contribution is -2.62. The zero-order chi connectivity index (χ0) is 50.7. The summed E-state index contributed by atoms with van der Waals surface area (Å²) in [6.07, 6.45) is 17.0. The van der Waals surface area contributed by atoms with Crippen molar-refractivity contribution in [1.29, 1.82) is 0 Å². The van der Waals surface area contributed by atoms with Crippen LogP contribution in [0.2, 0.25) is 0 Å². The Kier molecular flexibility index (Phi) is 37.4. The van der Waals surface area contributed by atoms with Crippen molar-refractivity contribution >= 4 is 5.91 Å². The molecule has 2 aliphatic heterocycles. The first-order valence-corrected chi connectivity index (χ1v) is 28.0. The standard InChI is InChI=1S/C53H103NO15/c1-3-5-7-9-11-13-15-16-17-18-19-20-21-22-23-25-27-29-31-33-35-41(58)51(65)54-39(44(60)40(57)34-32-30-28-26-24-14-12-10-8-6-4-2)38-66-52-48(64)50(45(61)43(37-56)67-52)69-53-47(63)46(62)49(68-53)42(59)36-55/h39-50,52-53,55-64H,3-38H2,1-2H3,(H,54,65). The Morgan fingerprint density at radius 3 is 1.36 bits per heavy atom. The van der Waals surface area contributed by atoms with E-state index in [1.54, 1.807) is 0 Å². The van der Waals surface area contributed by atoms with E-state index in [9.17, 15) is 55.9 Å². The average Bonchev–Trinajstić information content (AvgIpc) is 3.63. The number of rotatable bonds is 45. The Morgan fingerprint density at radius 1 is 0.522 bits per heavy atom. The number of hydrogen-bond donors (Lipinski definition) is 11. The number of amides is 1. The van der Waals surface area contributed by atoms with Crippen LogP contribution in [-0.2, 0) is 23.7 Å². The normalized spacial score (nSPS) is 26.2. The molecule has 0 aromatic heterocycles. The Balaban J connectivity index is 1.85. The molecule has 410 valence electrons. The van der Waals surface area contributed by atoms with Crippen molar-refractivity contribution in [1.82, 2.24) is 5.32 Å². The highest BCUT2D eigenvalue weighted by Gasteiger charge is 2.52. The van der Waals surface area contributed by atoms with Gasteiger partial charge in [-0.1, -0.05) is 213 Å². The van der Waals surface area contributed by atoms with Gasteiger partial charge in [-0.2, -0.15) is 0 Å². The van der Waals surface area contributed by atoms with Gasteiger partial charge in [0.25, 0.3) is 0 Å². The smallest absolute Gasteiger partial charge is 0.249 e. The fourth-order valence-electron chi connectivity index (χ4n) is 9.60. The monoisotopic (exact) mass is 994 g/mol. The van der Waals surface area contributed by atoms with Gasteiger partial charge in [-0.05, 0) is 12.8 Å². The second kappa shape index (κ2) is 40.3. The molecule has 0 aromatic rings. The number of carbonyl (C=O) groups is 1. The van der Waals surface area contributed by atoms with Crippen LogP contribution in [-0.4, -0.2) is 163 Å². The van der Waals surface area contributed by atoms with Crippen LogP contribution in [0.25, 0.3) is 0 Å². The van der Waals surface area contributed by atoms with E-state index in [-0.39, 0.29) is 12.8 Å². The lowest BCUT2D eigenvalue weighted by atomic mass is 9.98. The Bertz CT molecular complexity index is 1210. The highest BCUT2D eigenvalue weighted by molar-refractivity contribution is 5.80. The highest BCUT2D eigenvalue weighted by atomic mass is 16.7. The third kappa shape index (κ3) is 26.6. The van der Waals surface area contributed by atoms with Crippen molar-refractivity contribution < 1.29 is 74.8 Å². The van der Waals surface area contributed by atoms with Crippen LogP contribution in [0.4, 0.5) is 0 Å². The lowest BCUT2D eigenvalue weighted by Gasteiger charge is -2.43. The largest absolute Gasteiger partial charge is 0.394 e. The number of carbonyl (C=O) groups excluding carboxylic acids is 1.